The van der Waals surface area contributed by atoms with E-state index >= 15 is 0 Å². The molecule has 1 N–H and O–H groups in total. The Morgan fingerprint density at radius 3 is 2.31 bits per heavy atom. The SMILES string of the molecule is O=C(c1cc(F)cc(F)c1)N1[C@@H]2CC[C@H]1CC(O)(c1cccnc1F)C2. The summed E-state index contributed by atoms with van der Waals surface area (Å²) >= 11 is 0. The van der Waals surface area contributed by atoms with E-state index in [-0.39, 0.29) is 36.1 Å². The molecule has 7 heteroatoms. The fraction of sp³-hybridized carbons (Fsp3) is 0.368. The summed E-state index contributed by atoms with van der Waals surface area (Å²) in [5.41, 5.74) is -1.34. The summed E-state index contributed by atoms with van der Waals surface area (Å²) in [6.07, 6.45) is 2.94. The van der Waals surface area contributed by atoms with Crippen molar-refractivity contribution in [3.63, 3.8) is 0 Å². The van der Waals surface area contributed by atoms with E-state index in [9.17, 15) is 23.1 Å². The largest absolute Gasteiger partial charge is 0.385 e. The van der Waals surface area contributed by atoms with Crippen LogP contribution in [0.1, 0.15) is 41.6 Å². The number of nitrogens with zero attached hydrogens (tertiary/aromatic N) is 2. The van der Waals surface area contributed by atoms with Gasteiger partial charge < -0.3 is 10.0 Å². The third-order valence-corrected chi connectivity index (χ3v) is 5.37. The molecule has 0 saturated carbocycles. The second-order valence-electron chi connectivity index (χ2n) is 7.04. The standard InChI is InChI=1S/C19H17F3N2O2/c20-12-6-11(7-13(21)8-12)18(25)24-14-3-4-15(24)10-19(26,9-14)16-2-1-5-23-17(16)22/h1-2,5-8,14-15,26H,3-4,9-10H2/t14-,15+,19?. The Labute approximate surface area is 148 Å². The van der Waals surface area contributed by atoms with E-state index in [0.29, 0.717) is 18.9 Å². The highest BCUT2D eigenvalue weighted by Gasteiger charge is 2.51. The second-order valence-corrected chi connectivity index (χ2v) is 7.04. The normalized spacial score (nSPS) is 27.6. The number of hydrogen-bond donors (Lipinski definition) is 1. The van der Waals surface area contributed by atoms with Crippen molar-refractivity contribution in [1.29, 1.82) is 0 Å². The van der Waals surface area contributed by atoms with Crippen LogP contribution in [0.4, 0.5) is 13.2 Å². The van der Waals surface area contributed by atoms with Gasteiger partial charge in [-0.25, -0.2) is 13.8 Å². The lowest BCUT2D eigenvalue weighted by atomic mass is 9.80. The topological polar surface area (TPSA) is 53.4 Å². The van der Waals surface area contributed by atoms with Crippen molar-refractivity contribution in [2.45, 2.75) is 43.4 Å². The fourth-order valence-electron chi connectivity index (χ4n) is 4.34. The number of pyridine rings is 1. The van der Waals surface area contributed by atoms with Gasteiger partial charge in [-0.15, -0.1) is 0 Å². The van der Waals surface area contributed by atoms with Crippen LogP contribution in [-0.4, -0.2) is 33.0 Å². The molecule has 1 amide bonds. The number of carbonyl (C=O) groups excluding carboxylic acids is 1. The zero-order valence-corrected chi connectivity index (χ0v) is 13.8. The summed E-state index contributed by atoms with van der Waals surface area (Å²) in [5, 5.41) is 11.0. The minimum absolute atomic E-state index is 0.0580. The molecule has 4 nitrogen and oxygen atoms in total. The van der Waals surface area contributed by atoms with Crippen LogP contribution < -0.4 is 0 Å². The van der Waals surface area contributed by atoms with Gasteiger partial charge in [-0.2, -0.15) is 4.39 Å². The van der Waals surface area contributed by atoms with Crippen molar-refractivity contribution in [3.05, 3.63) is 65.2 Å². The monoisotopic (exact) mass is 362 g/mol. The lowest BCUT2D eigenvalue weighted by Gasteiger charge is -2.44. The van der Waals surface area contributed by atoms with Crippen molar-refractivity contribution in [1.82, 2.24) is 9.88 Å². The molecule has 2 aliphatic rings. The average molecular weight is 362 g/mol. The Hall–Kier alpha value is -2.41. The summed E-state index contributed by atoms with van der Waals surface area (Å²) in [7, 11) is 0. The van der Waals surface area contributed by atoms with Gasteiger partial charge in [0.25, 0.3) is 5.91 Å². The highest BCUT2D eigenvalue weighted by molar-refractivity contribution is 5.95. The van der Waals surface area contributed by atoms with Crippen LogP contribution in [-0.2, 0) is 5.60 Å². The van der Waals surface area contributed by atoms with Crippen LogP contribution in [0.2, 0.25) is 0 Å². The first-order valence-electron chi connectivity index (χ1n) is 8.49. The van der Waals surface area contributed by atoms with Crippen molar-refractivity contribution < 1.29 is 23.1 Å². The molecule has 2 aliphatic heterocycles. The first-order chi connectivity index (χ1) is 12.4. The van der Waals surface area contributed by atoms with Crippen molar-refractivity contribution in [2.75, 3.05) is 0 Å². The third kappa shape index (κ3) is 2.76. The highest BCUT2D eigenvalue weighted by Crippen LogP contribution is 2.46. The minimum Gasteiger partial charge on any atom is -0.385 e. The van der Waals surface area contributed by atoms with Crippen LogP contribution in [0.15, 0.2) is 36.5 Å². The van der Waals surface area contributed by atoms with E-state index in [2.05, 4.69) is 4.98 Å². The number of benzene rings is 1. The van der Waals surface area contributed by atoms with Gasteiger partial charge in [0.1, 0.15) is 11.6 Å². The predicted octanol–water partition coefficient (Wildman–Crippen LogP) is 3.15. The van der Waals surface area contributed by atoms with E-state index in [1.165, 1.54) is 12.3 Å². The van der Waals surface area contributed by atoms with Gasteiger partial charge in [-0.05, 0) is 31.0 Å². The number of aromatic nitrogens is 1. The Kier molecular flexibility index (Phi) is 3.99. The Morgan fingerprint density at radius 2 is 1.73 bits per heavy atom. The summed E-state index contributed by atoms with van der Waals surface area (Å²) < 4.78 is 41.0. The van der Waals surface area contributed by atoms with E-state index < -0.39 is 29.1 Å². The van der Waals surface area contributed by atoms with Crippen LogP contribution in [0, 0.1) is 17.6 Å². The van der Waals surface area contributed by atoms with Gasteiger partial charge in [0.05, 0.1) is 5.60 Å². The van der Waals surface area contributed by atoms with Crippen molar-refractivity contribution >= 4 is 5.91 Å². The number of fused-ring (bicyclic) bond motifs is 2. The molecular formula is C19H17F3N2O2. The lowest BCUT2D eigenvalue weighted by molar-refractivity contribution is -0.0504. The first kappa shape index (κ1) is 17.0. The van der Waals surface area contributed by atoms with Crippen molar-refractivity contribution in [3.8, 4) is 0 Å². The van der Waals surface area contributed by atoms with Gasteiger partial charge in [-0.1, -0.05) is 6.07 Å². The molecule has 1 unspecified atom stereocenters. The van der Waals surface area contributed by atoms with Gasteiger partial charge in [0.2, 0.25) is 5.95 Å². The zero-order valence-electron chi connectivity index (χ0n) is 13.8. The number of aliphatic hydroxyl groups is 1. The van der Waals surface area contributed by atoms with E-state index in [1.54, 1.807) is 11.0 Å². The van der Waals surface area contributed by atoms with Crippen LogP contribution in [0.5, 0.6) is 0 Å². The van der Waals surface area contributed by atoms with E-state index in [0.717, 1.165) is 12.1 Å². The molecule has 26 heavy (non-hydrogen) atoms. The average Bonchev–Trinajstić information content (AvgIpc) is 2.86. The fourth-order valence-corrected chi connectivity index (χ4v) is 4.34. The third-order valence-electron chi connectivity index (χ3n) is 5.37. The summed E-state index contributed by atoms with van der Waals surface area (Å²) in [6.45, 7) is 0. The lowest BCUT2D eigenvalue weighted by Crippen LogP contribution is -2.52. The van der Waals surface area contributed by atoms with Gasteiger partial charge in [0.15, 0.2) is 0 Å². The van der Waals surface area contributed by atoms with Crippen molar-refractivity contribution in [2.24, 2.45) is 0 Å². The smallest absolute Gasteiger partial charge is 0.254 e. The number of halogens is 3. The van der Waals surface area contributed by atoms with Crippen LogP contribution >= 0.6 is 0 Å². The maximum Gasteiger partial charge on any atom is 0.254 e. The number of amides is 1. The molecule has 4 rings (SSSR count). The Bertz CT molecular complexity index is 839. The predicted molar refractivity (Wildman–Crippen MR) is 86.7 cm³/mol. The molecule has 2 fully saturated rings. The van der Waals surface area contributed by atoms with Crippen LogP contribution in [0.25, 0.3) is 0 Å². The maximum atomic E-state index is 14.1. The quantitative estimate of drug-likeness (QED) is 0.835. The zero-order chi connectivity index (χ0) is 18.5. The second kappa shape index (κ2) is 6.09. The molecule has 3 atom stereocenters. The molecule has 1 aromatic carbocycles. The number of carbonyl (C=O) groups is 1. The minimum atomic E-state index is -1.41. The van der Waals surface area contributed by atoms with Gasteiger partial charge in [-0.3, -0.25) is 4.79 Å². The number of rotatable bonds is 2. The molecule has 0 spiro atoms. The van der Waals surface area contributed by atoms with E-state index in [1.807, 2.05) is 0 Å². The highest BCUT2D eigenvalue weighted by atomic mass is 19.1. The Balaban J connectivity index is 1.63. The Morgan fingerprint density at radius 1 is 1.12 bits per heavy atom. The first-order valence-corrected chi connectivity index (χ1v) is 8.49. The van der Waals surface area contributed by atoms with E-state index in [4.69, 9.17) is 0 Å². The van der Waals surface area contributed by atoms with Crippen LogP contribution in [0.3, 0.4) is 0 Å². The number of piperidine rings is 1. The van der Waals surface area contributed by atoms with Gasteiger partial charge in [0, 0.05) is 48.3 Å². The molecule has 136 valence electrons. The molecule has 0 radical (unpaired) electrons. The molecule has 1 aromatic heterocycles. The maximum absolute atomic E-state index is 14.1. The molecular weight excluding hydrogens is 345 g/mol. The molecule has 2 saturated heterocycles. The summed E-state index contributed by atoms with van der Waals surface area (Å²) in [6, 6.07) is 5.14. The molecule has 2 bridgehead atoms. The van der Waals surface area contributed by atoms with Gasteiger partial charge >= 0.3 is 0 Å². The summed E-state index contributed by atoms with van der Waals surface area (Å²) in [4.78, 5) is 18.0. The number of hydrogen-bond acceptors (Lipinski definition) is 3. The summed E-state index contributed by atoms with van der Waals surface area (Å²) in [5.74, 6) is -2.82. The molecule has 0 aliphatic carbocycles. The molecule has 3 heterocycles. The molecule has 2 aromatic rings.